The molecule has 0 aliphatic carbocycles. The molecule has 0 amide bonds. The predicted octanol–water partition coefficient (Wildman–Crippen LogP) is 4.83. The number of halogens is 3. The molecule has 2 aromatic carbocycles. The zero-order chi connectivity index (χ0) is 30.8. The van der Waals surface area contributed by atoms with Crippen LogP contribution in [0.25, 0.3) is 11.0 Å². The van der Waals surface area contributed by atoms with Gasteiger partial charge >= 0.3 is 5.97 Å². The molecule has 0 spiro atoms. The smallest absolute Gasteiger partial charge is 0.335 e. The fourth-order valence-corrected chi connectivity index (χ4v) is 5.32. The molecule has 0 bridgehead atoms. The molecule has 4 heterocycles. The Morgan fingerprint density at radius 1 is 1.05 bits per heavy atom. The monoisotopic (exact) mass is 607 g/mol. The molecule has 2 aliphatic rings. The van der Waals surface area contributed by atoms with E-state index in [0.717, 1.165) is 18.6 Å². The first-order valence-corrected chi connectivity index (χ1v) is 14.2. The molecule has 1 N–H and O–H groups in total. The molecule has 44 heavy (non-hydrogen) atoms. The number of aromatic carboxylic acids is 1. The quantitative estimate of drug-likeness (QED) is 0.270. The van der Waals surface area contributed by atoms with Crippen molar-refractivity contribution in [2.24, 2.45) is 0 Å². The van der Waals surface area contributed by atoms with Crippen LogP contribution in [0.4, 0.5) is 13.2 Å². The fourth-order valence-electron chi connectivity index (χ4n) is 5.32. The molecular weight excluding hydrogens is 579 g/mol. The van der Waals surface area contributed by atoms with Gasteiger partial charge in [-0.3, -0.25) is 4.90 Å². The van der Waals surface area contributed by atoms with E-state index < -0.39 is 23.4 Å². The molecule has 4 aromatic rings. The molecule has 10 nitrogen and oxygen atoms in total. The van der Waals surface area contributed by atoms with Crippen molar-refractivity contribution in [3.63, 3.8) is 0 Å². The highest BCUT2D eigenvalue weighted by Gasteiger charge is 2.27. The number of carboxylic acid groups (broad SMARTS) is 1. The average Bonchev–Trinajstić information content (AvgIpc) is 3.33. The SMILES string of the molecule is N#Cc1ccc(COc2nc(OC3CCN(Cc4nc5c(F)cc(C(=O)O)cc5n4C[C@@H]4CCO4)CC3)ccc2F)c(F)c1. The van der Waals surface area contributed by atoms with Crippen molar-refractivity contribution in [2.75, 3.05) is 19.7 Å². The molecular formula is C31H28F3N5O5. The van der Waals surface area contributed by atoms with Crippen molar-refractivity contribution in [2.45, 2.75) is 51.2 Å². The second-order valence-electron chi connectivity index (χ2n) is 10.8. The van der Waals surface area contributed by atoms with Gasteiger partial charge in [-0.05, 0) is 49.6 Å². The third-order valence-electron chi connectivity index (χ3n) is 7.83. The summed E-state index contributed by atoms with van der Waals surface area (Å²) in [6.45, 7) is 2.53. The largest absolute Gasteiger partial charge is 0.478 e. The van der Waals surface area contributed by atoms with Gasteiger partial charge in [-0.2, -0.15) is 10.2 Å². The molecule has 2 fully saturated rings. The van der Waals surface area contributed by atoms with Gasteiger partial charge in [0.1, 0.15) is 29.9 Å². The van der Waals surface area contributed by atoms with Gasteiger partial charge in [0.15, 0.2) is 11.6 Å². The first-order valence-electron chi connectivity index (χ1n) is 14.2. The number of pyridine rings is 1. The maximum atomic E-state index is 14.8. The number of fused-ring (bicyclic) bond motifs is 1. The molecule has 0 radical (unpaired) electrons. The summed E-state index contributed by atoms with van der Waals surface area (Å²) in [7, 11) is 0. The van der Waals surface area contributed by atoms with E-state index in [1.54, 1.807) is 0 Å². The number of carboxylic acids is 1. The molecule has 0 unspecified atom stereocenters. The molecule has 13 heteroatoms. The third kappa shape index (κ3) is 6.31. The third-order valence-corrected chi connectivity index (χ3v) is 7.83. The van der Waals surface area contributed by atoms with E-state index in [1.807, 2.05) is 10.6 Å². The summed E-state index contributed by atoms with van der Waals surface area (Å²) in [6, 6.07) is 10.8. The minimum atomic E-state index is -1.21. The molecule has 228 valence electrons. The van der Waals surface area contributed by atoms with Crippen LogP contribution >= 0.6 is 0 Å². The Hall–Kier alpha value is -4.67. The van der Waals surface area contributed by atoms with E-state index in [9.17, 15) is 23.1 Å². The zero-order valence-electron chi connectivity index (χ0n) is 23.5. The van der Waals surface area contributed by atoms with Crippen LogP contribution in [0, 0.1) is 28.8 Å². The van der Waals surface area contributed by atoms with Crippen molar-refractivity contribution in [3.05, 3.63) is 82.4 Å². The number of nitriles is 1. The van der Waals surface area contributed by atoms with Gasteiger partial charge < -0.3 is 23.9 Å². The number of benzene rings is 2. The lowest BCUT2D eigenvalue weighted by molar-refractivity contribution is -0.0592. The van der Waals surface area contributed by atoms with Crippen LogP contribution in [0.2, 0.25) is 0 Å². The molecule has 2 saturated heterocycles. The van der Waals surface area contributed by atoms with Crippen molar-refractivity contribution in [1.82, 2.24) is 19.4 Å². The van der Waals surface area contributed by atoms with Crippen molar-refractivity contribution in [3.8, 4) is 17.8 Å². The Morgan fingerprint density at radius 3 is 2.52 bits per heavy atom. The van der Waals surface area contributed by atoms with Crippen LogP contribution in [0.15, 0.2) is 42.5 Å². The normalized spacial score (nSPS) is 17.3. The van der Waals surface area contributed by atoms with Gasteiger partial charge in [0.25, 0.3) is 5.88 Å². The van der Waals surface area contributed by atoms with Crippen LogP contribution in [0.3, 0.4) is 0 Å². The highest BCUT2D eigenvalue weighted by molar-refractivity contribution is 5.92. The molecule has 0 saturated carbocycles. The fraction of sp³-hybridized carbons (Fsp3) is 0.355. The number of aromatic nitrogens is 3. The predicted molar refractivity (Wildman–Crippen MR) is 150 cm³/mol. The van der Waals surface area contributed by atoms with Crippen LogP contribution in [-0.4, -0.2) is 62.4 Å². The lowest BCUT2D eigenvalue weighted by Gasteiger charge is -2.32. The highest BCUT2D eigenvalue weighted by Crippen LogP contribution is 2.27. The number of hydrogen-bond donors (Lipinski definition) is 1. The number of piperidine rings is 1. The topological polar surface area (TPSA) is 123 Å². The molecule has 1 atom stereocenters. The summed E-state index contributed by atoms with van der Waals surface area (Å²) >= 11 is 0. The Bertz CT molecular complexity index is 1750. The molecule has 6 rings (SSSR count). The Morgan fingerprint density at radius 2 is 1.84 bits per heavy atom. The van der Waals surface area contributed by atoms with Gasteiger partial charge in [0.05, 0.1) is 41.9 Å². The molecule has 2 aliphatic heterocycles. The van der Waals surface area contributed by atoms with E-state index in [0.29, 0.717) is 57.0 Å². The second kappa shape index (κ2) is 12.5. The van der Waals surface area contributed by atoms with Crippen molar-refractivity contribution in [1.29, 1.82) is 5.26 Å². The Kier molecular flexibility index (Phi) is 8.36. The second-order valence-corrected chi connectivity index (χ2v) is 10.8. The number of imidazole rings is 1. The zero-order valence-corrected chi connectivity index (χ0v) is 23.5. The minimum absolute atomic E-state index is 0.0398. The number of nitrogens with zero attached hydrogens (tertiary/aromatic N) is 5. The average molecular weight is 608 g/mol. The maximum Gasteiger partial charge on any atom is 0.335 e. The van der Waals surface area contributed by atoms with E-state index in [4.69, 9.17) is 19.5 Å². The number of rotatable bonds is 10. The van der Waals surface area contributed by atoms with E-state index in [-0.39, 0.29) is 52.8 Å². The maximum absolute atomic E-state index is 14.8. The number of likely N-dealkylation sites (tertiary alicyclic amines) is 1. The lowest BCUT2D eigenvalue weighted by atomic mass is 10.1. The summed E-state index contributed by atoms with van der Waals surface area (Å²) in [5, 5.41) is 18.3. The van der Waals surface area contributed by atoms with Gasteiger partial charge in [0.2, 0.25) is 5.88 Å². The summed E-state index contributed by atoms with van der Waals surface area (Å²) < 4.78 is 62.3. The van der Waals surface area contributed by atoms with Crippen molar-refractivity contribution < 1.29 is 37.3 Å². The van der Waals surface area contributed by atoms with Gasteiger partial charge in [0, 0.05) is 31.3 Å². The first-order chi connectivity index (χ1) is 21.3. The van der Waals surface area contributed by atoms with E-state index in [1.165, 1.54) is 30.3 Å². The van der Waals surface area contributed by atoms with E-state index >= 15 is 0 Å². The first kappa shape index (κ1) is 29.4. The number of hydrogen-bond acceptors (Lipinski definition) is 8. The number of carbonyl (C=O) groups is 1. The Labute approximate surface area is 250 Å². The Balaban J connectivity index is 1.09. The summed E-state index contributed by atoms with van der Waals surface area (Å²) in [5.41, 5.74) is 0.739. The van der Waals surface area contributed by atoms with E-state index in [2.05, 4.69) is 14.9 Å². The van der Waals surface area contributed by atoms with Gasteiger partial charge in [-0.25, -0.2) is 22.9 Å². The summed E-state index contributed by atoms with van der Waals surface area (Å²) in [6.07, 6.45) is 1.89. The van der Waals surface area contributed by atoms with Gasteiger partial charge in [-0.1, -0.05) is 6.07 Å². The highest BCUT2D eigenvalue weighted by atomic mass is 19.1. The van der Waals surface area contributed by atoms with Crippen LogP contribution in [0.1, 0.15) is 46.6 Å². The van der Waals surface area contributed by atoms with Gasteiger partial charge in [-0.15, -0.1) is 0 Å². The van der Waals surface area contributed by atoms with Crippen LogP contribution < -0.4 is 9.47 Å². The minimum Gasteiger partial charge on any atom is -0.478 e. The summed E-state index contributed by atoms with van der Waals surface area (Å²) in [5.74, 6) is -2.77. The van der Waals surface area contributed by atoms with Crippen molar-refractivity contribution >= 4 is 17.0 Å². The van der Waals surface area contributed by atoms with Crippen LogP contribution in [0.5, 0.6) is 11.8 Å². The standard InChI is InChI=1S/C31H28F3N5O5/c32-23-3-4-28(37-30(23)43-17-19-2-1-18(14-35)11-24(19)33)44-21-5-8-38(9-6-21)16-27-36-29-25(34)12-20(31(40)41)13-26(29)39(27)15-22-7-10-42-22/h1-4,11-13,21-22H,5-10,15-17H2,(H,40,41)/t22-/m0/s1. The van der Waals surface area contributed by atoms with Crippen LogP contribution in [-0.2, 0) is 24.4 Å². The molecule has 2 aromatic heterocycles. The summed E-state index contributed by atoms with van der Waals surface area (Å²) in [4.78, 5) is 22.4. The number of ether oxygens (including phenoxy) is 3. The lowest BCUT2D eigenvalue weighted by Crippen LogP contribution is -2.39.